The van der Waals surface area contributed by atoms with Gasteiger partial charge >= 0.3 is 0 Å². The van der Waals surface area contributed by atoms with Crippen molar-refractivity contribution in [2.24, 2.45) is 5.92 Å². The van der Waals surface area contributed by atoms with Gasteiger partial charge in [-0.2, -0.15) is 0 Å². The molecule has 2 aromatic rings. The fourth-order valence-electron chi connectivity index (χ4n) is 2.26. The molecule has 5 heteroatoms. The quantitative estimate of drug-likeness (QED) is 0.927. The third-order valence-corrected chi connectivity index (χ3v) is 3.43. The first-order valence-corrected chi connectivity index (χ1v) is 7.09. The zero-order valence-corrected chi connectivity index (χ0v) is 12.2. The van der Waals surface area contributed by atoms with Gasteiger partial charge in [0, 0.05) is 28.1 Å². The maximum absolute atomic E-state index is 13.6. The standard InChI is InChI=1S/C19H20FNO3/c20-15-3-1-13(2-4-15)17-7-8-21-10-14(17)11-22-16-5-6-18-19(9-16)24-12-23-18/h1-6,9,14,17,21H,7-8,10-12H2/t14?,17-/m0/s1/i7D2,8D2,10D2,11D2,12D2,17D. The van der Waals surface area contributed by atoms with Crippen molar-refractivity contribution >= 4 is 0 Å². The van der Waals surface area contributed by atoms with Crippen LogP contribution in [0.3, 0.4) is 0 Å². The summed E-state index contributed by atoms with van der Waals surface area (Å²) < 4.78 is 120. The first-order valence-electron chi connectivity index (χ1n) is 12.6. The van der Waals surface area contributed by atoms with Crippen molar-refractivity contribution in [3.8, 4) is 17.2 Å². The van der Waals surface area contributed by atoms with Crippen LogP contribution in [-0.4, -0.2) is 26.3 Å². The van der Waals surface area contributed by atoms with Gasteiger partial charge < -0.3 is 19.5 Å². The molecule has 0 saturated carbocycles. The van der Waals surface area contributed by atoms with Gasteiger partial charge in [-0.1, -0.05) is 12.1 Å². The fraction of sp³-hybridized carbons (Fsp3) is 0.368. The van der Waals surface area contributed by atoms with Crippen molar-refractivity contribution in [1.82, 2.24) is 5.32 Å². The number of benzene rings is 2. The van der Waals surface area contributed by atoms with Crippen LogP contribution in [-0.2, 0) is 0 Å². The van der Waals surface area contributed by atoms with Crippen molar-refractivity contribution in [2.75, 3.05) is 26.3 Å². The summed E-state index contributed by atoms with van der Waals surface area (Å²) in [6.07, 6.45) is -3.24. The third kappa shape index (κ3) is 3.17. The second kappa shape index (κ2) is 6.69. The lowest BCUT2D eigenvalue weighted by molar-refractivity contribution is 0.173. The van der Waals surface area contributed by atoms with Gasteiger partial charge in [-0.05, 0) is 48.6 Å². The van der Waals surface area contributed by atoms with Gasteiger partial charge in [0.15, 0.2) is 11.5 Å². The maximum atomic E-state index is 13.6. The normalized spacial score (nSPS) is 41.2. The van der Waals surface area contributed by atoms with Gasteiger partial charge in [-0.15, -0.1) is 0 Å². The molecule has 1 unspecified atom stereocenters. The van der Waals surface area contributed by atoms with Gasteiger partial charge in [-0.3, -0.25) is 0 Å². The molecule has 0 bridgehead atoms. The van der Waals surface area contributed by atoms with Crippen molar-refractivity contribution in [3.05, 3.63) is 53.8 Å². The molecule has 0 amide bonds. The van der Waals surface area contributed by atoms with Gasteiger partial charge in [0.25, 0.3) is 0 Å². The molecule has 0 spiro atoms. The highest BCUT2D eigenvalue weighted by molar-refractivity contribution is 5.46. The van der Waals surface area contributed by atoms with E-state index < -0.39 is 50.3 Å². The summed E-state index contributed by atoms with van der Waals surface area (Å²) in [7, 11) is 0. The van der Waals surface area contributed by atoms with Crippen LogP contribution in [0.25, 0.3) is 0 Å². The Labute approximate surface area is 156 Å². The fourth-order valence-corrected chi connectivity index (χ4v) is 2.26. The van der Waals surface area contributed by atoms with Crippen LogP contribution < -0.4 is 19.5 Å². The molecule has 4 rings (SSSR count). The van der Waals surface area contributed by atoms with Gasteiger partial charge in [-0.25, -0.2) is 4.39 Å². The van der Waals surface area contributed by atoms with Gasteiger partial charge in [0.1, 0.15) is 14.3 Å². The van der Waals surface area contributed by atoms with Crippen LogP contribution in [0.5, 0.6) is 17.2 Å². The molecule has 2 atom stereocenters. The molecule has 1 saturated heterocycles. The summed E-state index contributed by atoms with van der Waals surface area (Å²) in [6, 6.07) is 7.21. The third-order valence-electron chi connectivity index (χ3n) is 3.43. The Morgan fingerprint density at radius 3 is 2.96 bits per heavy atom. The summed E-state index contributed by atoms with van der Waals surface area (Å²) in [4.78, 5) is 0. The first-order chi connectivity index (χ1) is 15.8. The Balaban J connectivity index is 1.82. The topological polar surface area (TPSA) is 39.7 Å². The van der Waals surface area contributed by atoms with Gasteiger partial charge in [0.2, 0.25) is 6.75 Å². The molecule has 126 valence electrons. The molecule has 4 nitrogen and oxygen atoms in total. The average Bonchev–Trinajstić information content (AvgIpc) is 2.98. The van der Waals surface area contributed by atoms with E-state index in [1.807, 2.05) is 5.32 Å². The number of nitrogens with one attached hydrogen (secondary N) is 1. The number of hydrogen-bond acceptors (Lipinski definition) is 4. The summed E-state index contributed by atoms with van der Waals surface area (Å²) in [5, 5.41) is 1.84. The number of fused-ring (bicyclic) bond motifs is 1. The number of halogens is 1. The van der Waals surface area contributed by atoms with E-state index in [0.29, 0.717) is 0 Å². The molecule has 1 N–H and O–H groups in total. The molecule has 2 aliphatic heterocycles. The van der Waals surface area contributed by atoms with Crippen LogP contribution in [0.4, 0.5) is 4.39 Å². The van der Waals surface area contributed by atoms with Crippen molar-refractivity contribution < 1.29 is 33.7 Å². The molecule has 2 aromatic carbocycles. The maximum Gasteiger partial charge on any atom is 0.231 e. The molecule has 0 aliphatic carbocycles. The molecule has 2 heterocycles. The molecule has 0 radical (unpaired) electrons. The summed E-state index contributed by atoms with van der Waals surface area (Å²) in [5.74, 6) is -6.45. The molecule has 2 aliphatic rings. The Kier molecular flexibility index (Phi) is 2.04. The van der Waals surface area contributed by atoms with Gasteiger partial charge in [0.05, 0.1) is 9.30 Å². The highest BCUT2D eigenvalue weighted by Gasteiger charge is 2.27. The van der Waals surface area contributed by atoms with Crippen molar-refractivity contribution in [2.45, 2.75) is 12.3 Å². The largest absolute Gasteiger partial charge is 0.493 e. The monoisotopic (exact) mass is 340 g/mol. The molecule has 0 aromatic heterocycles. The molecule has 1 fully saturated rings. The highest BCUT2D eigenvalue weighted by atomic mass is 19.1. The van der Waals surface area contributed by atoms with E-state index in [0.717, 1.165) is 30.3 Å². The van der Waals surface area contributed by atoms with E-state index in [9.17, 15) is 4.39 Å². The van der Waals surface area contributed by atoms with Crippen LogP contribution in [0, 0.1) is 11.7 Å². The SMILES string of the molecule is [2H]C1([2H])Oc2ccc(OC([2H])([2H])C3C([2H])([2H])NC([2H])([2H])C([2H])([2H])[C@@]3([2H])c3ccc(F)cc3)cc2O1. The predicted octanol–water partition coefficient (Wildman–Crippen LogP) is 3.33. The van der Waals surface area contributed by atoms with E-state index in [4.69, 9.17) is 29.3 Å². The minimum atomic E-state index is -3.24. The second-order valence-corrected chi connectivity index (χ2v) is 4.99. The van der Waals surface area contributed by atoms with E-state index in [-0.39, 0.29) is 22.8 Å². The second-order valence-electron chi connectivity index (χ2n) is 4.99. The minimum Gasteiger partial charge on any atom is -0.493 e. The smallest absolute Gasteiger partial charge is 0.231 e. The van der Waals surface area contributed by atoms with Crippen LogP contribution in [0.15, 0.2) is 42.5 Å². The van der Waals surface area contributed by atoms with Crippen LogP contribution in [0.2, 0.25) is 0 Å². The van der Waals surface area contributed by atoms with Crippen LogP contribution in [0.1, 0.15) is 32.9 Å². The highest BCUT2D eigenvalue weighted by Crippen LogP contribution is 2.36. The lowest BCUT2D eigenvalue weighted by atomic mass is 9.81. The molecular formula is C19H20FNO3. The number of piperidine rings is 1. The lowest BCUT2D eigenvalue weighted by Crippen LogP contribution is -2.38. The Bertz CT molecular complexity index is 1150. The molecule has 24 heavy (non-hydrogen) atoms. The summed E-state index contributed by atoms with van der Waals surface area (Å²) in [5.41, 5.74) is -0.366. The number of ether oxygens (including phenoxy) is 3. The number of rotatable bonds is 4. The summed E-state index contributed by atoms with van der Waals surface area (Å²) in [6.45, 7) is -11.8. The lowest BCUT2D eigenvalue weighted by Gasteiger charge is -2.32. The first kappa shape index (κ1) is 7.31. The van der Waals surface area contributed by atoms with E-state index in [1.54, 1.807) is 0 Å². The van der Waals surface area contributed by atoms with Crippen LogP contribution >= 0.6 is 0 Å². The Morgan fingerprint density at radius 2 is 2.08 bits per heavy atom. The average molecular weight is 340 g/mol. The minimum absolute atomic E-state index is 0.00301. The van der Waals surface area contributed by atoms with E-state index >= 15 is 0 Å². The molecular weight excluding hydrogens is 309 g/mol. The zero-order valence-electron chi connectivity index (χ0n) is 23.2. The predicted molar refractivity (Wildman–Crippen MR) is 88.2 cm³/mol. The summed E-state index contributed by atoms with van der Waals surface area (Å²) >= 11 is 0. The zero-order chi connectivity index (χ0) is 26.2. The Hall–Kier alpha value is -2.27. The number of hydrogen-bond donors (Lipinski definition) is 1. The van der Waals surface area contributed by atoms with Crippen molar-refractivity contribution in [1.29, 1.82) is 0 Å². The Morgan fingerprint density at radius 1 is 1.25 bits per heavy atom. The van der Waals surface area contributed by atoms with E-state index in [1.165, 1.54) is 12.1 Å². The van der Waals surface area contributed by atoms with E-state index in [2.05, 4.69) is 0 Å². The van der Waals surface area contributed by atoms with Crippen molar-refractivity contribution in [3.63, 3.8) is 0 Å².